The number of nitrogens with zero attached hydrogens (tertiary/aromatic N) is 1. The van der Waals surface area contributed by atoms with Crippen LogP contribution in [0, 0.1) is 0 Å². The maximum atomic E-state index is 11.6. The average molecular weight is 253 g/mol. The molecule has 0 bridgehead atoms. The van der Waals surface area contributed by atoms with Gasteiger partial charge in [-0.05, 0) is 25.7 Å². The second-order valence-corrected chi connectivity index (χ2v) is 5.82. The first kappa shape index (κ1) is 13.8. The van der Waals surface area contributed by atoms with Gasteiger partial charge in [0.1, 0.15) is 0 Å². The standard InChI is InChI=1S/C14H27N3O/c15-16-14(18)11-17(12-7-3-1-4-8-12)13-9-5-2-6-10-13/h12-13H,1-11,15H2,(H,16,18). The van der Waals surface area contributed by atoms with E-state index in [4.69, 9.17) is 5.84 Å². The highest BCUT2D eigenvalue weighted by atomic mass is 16.2. The Morgan fingerprint density at radius 3 is 1.78 bits per heavy atom. The Bertz CT molecular complexity index is 240. The number of hydrogen-bond donors (Lipinski definition) is 2. The maximum absolute atomic E-state index is 11.6. The van der Waals surface area contributed by atoms with E-state index in [1.54, 1.807) is 0 Å². The highest BCUT2D eigenvalue weighted by Gasteiger charge is 2.29. The third-order valence-corrected chi connectivity index (χ3v) is 4.57. The molecule has 0 radical (unpaired) electrons. The number of nitrogens with one attached hydrogen (secondary N) is 1. The summed E-state index contributed by atoms with van der Waals surface area (Å²) in [6, 6.07) is 1.22. The van der Waals surface area contributed by atoms with Crippen molar-refractivity contribution in [1.82, 2.24) is 10.3 Å². The van der Waals surface area contributed by atoms with Gasteiger partial charge in [-0.15, -0.1) is 0 Å². The van der Waals surface area contributed by atoms with Crippen molar-refractivity contribution >= 4 is 5.91 Å². The molecular formula is C14H27N3O. The molecule has 2 fully saturated rings. The summed E-state index contributed by atoms with van der Waals surface area (Å²) in [4.78, 5) is 14.1. The minimum absolute atomic E-state index is 0.0360. The van der Waals surface area contributed by atoms with Crippen molar-refractivity contribution in [2.75, 3.05) is 6.54 Å². The van der Waals surface area contributed by atoms with E-state index in [1.807, 2.05) is 0 Å². The molecule has 0 heterocycles. The summed E-state index contributed by atoms with van der Waals surface area (Å²) in [5.74, 6) is 5.22. The number of hydrogen-bond acceptors (Lipinski definition) is 3. The van der Waals surface area contributed by atoms with Gasteiger partial charge in [0, 0.05) is 12.1 Å². The minimum atomic E-state index is -0.0360. The average Bonchev–Trinajstić information content (AvgIpc) is 2.46. The predicted molar refractivity (Wildman–Crippen MR) is 72.8 cm³/mol. The summed E-state index contributed by atoms with van der Waals surface area (Å²) >= 11 is 0. The zero-order chi connectivity index (χ0) is 12.8. The van der Waals surface area contributed by atoms with Crippen molar-refractivity contribution in [3.63, 3.8) is 0 Å². The molecule has 0 aromatic carbocycles. The Hall–Kier alpha value is -0.610. The van der Waals surface area contributed by atoms with Crippen LogP contribution in [0.15, 0.2) is 0 Å². The first-order chi connectivity index (χ1) is 8.81. The molecule has 3 N–H and O–H groups in total. The van der Waals surface area contributed by atoms with Gasteiger partial charge in [0.25, 0.3) is 0 Å². The van der Waals surface area contributed by atoms with Crippen LogP contribution in [0.5, 0.6) is 0 Å². The lowest BCUT2D eigenvalue weighted by atomic mass is 9.88. The van der Waals surface area contributed by atoms with Gasteiger partial charge in [0.15, 0.2) is 0 Å². The summed E-state index contributed by atoms with van der Waals surface area (Å²) in [5.41, 5.74) is 2.29. The Morgan fingerprint density at radius 1 is 0.944 bits per heavy atom. The van der Waals surface area contributed by atoms with Gasteiger partial charge in [-0.3, -0.25) is 15.1 Å². The molecule has 0 spiro atoms. The fraction of sp³-hybridized carbons (Fsp3) is 0.929. The molecule has 2 aliphatic rings. The van der Waals surface area contributed by atoms with Crippen LogP contribution in [-0.2, 0) is 4.79 Å². The molecule has 1 amide bonds. The van der Waals surface area contributed by atoms with E-state index in [1.165, 1.54) is 64.2 Å². The van der Waals surface area contributed by atoms with Gasteiger partial charge in [-0.2, -0.15) is 0 Å². The van der Waals surface area contributed by atoms with Gasteiger partial charge in [-0.1, -0.05) is 38.5 Å². The van der Waals surface area contributed by atoms with E-state index >= 15 is 0 Å². The lowest BCUT2D eigenvalue weighted by Gasteiger charge is -2.41. The predicted octanol–water partition coefficient (Wildman–Crippen LogP) is 1.94. The summed E-state index contributed by atoms with van der Waals surface area (Å²) in [5, 5.41) is 0. The summed E-state index contributed by atoms with van der Waals surface area (Å²) in [6.45, 7) is 0.492. The molecule has 18 heavy (non-hydrogen) atoms. The number of hydrazine groups is 1. The fourth-order valence-corrected chi connectivity index (χ4v) is 3.59. The molecule has 4 heteroatoms. The molecule has 2 rings (SSSR count). The van der Waals surface area contributed by atoms with Crippen molar-refractivity contribution < 1.29 is 4.79 Å². The third-order valence-electron chi connectivity index (χ3n) is 4.57. The number of nitrogens with two attached hydrogens (primary N) is 1. The number of carbonyl (C=O) groups excluding carboxylic acids is 1. The van der Waals surface area contributed by atoms with Gasteiger partial charge < -0.3 is 0 Å². The Balaban J connectivity index is 1.97. The quantitative estimate of drug-likeness (QED) is 0.457. The lowest BCUT2D eigenvalue weighted by Crippen LogP contribution is -2.50. The van der Waals surface area contributed by atoms with Crippen molar-refractivity contribution in [3.05, 3.63) is 0 Å². The van der Waals surface area contributed by atoms with E-state index < -0.39 is 0 Å². The van der Waals surface area contributed by atoms with Crippen LogP contribution >= 0.6 is 0 Å². The Labute approximate surface area is 110 Å². The van der Waals surface area contributed by atoms with Crippen molar-refractivity contribution in [2.45, 2.75) is 76.3 Å². The zero-order valence-electron chi connectivity index (χ0n) is 11.4. The molecule has 4 nitrogen and oxygen atoms in total. The van der Waals surface area contributed by atoms with Crippen LogP contribution in [0.2, 0.25) is 0 Å². The van der Waals surface area contributed by atoms with E-state index in [0.29, 0.717) is 18.6 Å². The maximum Gasteiger partial charge on any atom is 0.248 e. The largest absolute Gasteiger partial charge is 0.293 e. The zero-order valence-corrected chi connectivity index (χ0v) is 11.4. The Morgan fingerprint density at radius 2 is 1.39 bits per heavy atom. The monoisotopic (exact) mass is 253 g/mol. The SMILES string of the molecule is NNC(=O)CN(C1CCCCC1)C1CCCCC1. The van der Waals surface area contributed by atoms with E-state index in [-0.39, 0.29) is 5.91 Å². The summed E-state index contributed by atoms with van der Waals surface area (Å²) < 4.78 is 0. The van der Waals surface area contributed by atoms with Crippen molar-refractivity contribution in [3.8, 4) is 0 Å². The molecule has 0 atom stereocenters. The van der Waals surface area contributed by atoms with E-state index in [2.05, 4.69) is 10.3 Å². The van der Waals surface area contributed by atoms with Crippen LogP contribution in [-0.4, -0.2) is 29.4 Å². The lowest BCUT2D eigenvalue weighted by molar-refractivity contribution is -0.124. The fourth-order valence-electron chi connectivity index (χ4n) is 3.59. The van der Waals surface area contributed by atoms with Gasteiger partial charge in [0.2, 0.25) is 5.91 Å². The summed E-state index contributed by atoms with van der Waals surface area (Å²) in [7, 11) is 0. The van der Waals surface area contributed by atoms with Gasteiger partial charge >= 0.3 is 0 Å². The first-order valence-electron chi connectivity index (χ1n) is 7.56. The highest BCUT2D eigenvalue weighted by molar-refractivity contribution is 5.77. The minimum Gasteiger partial charge on any atom is -0.293 e. The topological polar surface area (TPSA) is 58.4 Å². The first-order valence-corrected chi connectivity index (χ1v) is 7.56. The van der Waals surface area contributed by atoms with Crippen LogP contribution in [0.1, 0.15) is 64.2 Å². The molecule has 0 saturated heterocycles. The van der Waals surface area contributed by atoms with Crippen LogP contribution < -0.4 is 11.3 Å². The molecule has 0 aromatic heterocycles. The van der Waals surface area contributed by atoms with Crippen LogP contribution in [0.3, 0.4) is 0 Å². The summed E-state index contributed by atoms with van der Waals surface area (Å²) in [6.07, 6.45) is 13.0. The second kappa shape index (κ2) is 7.10. The number of rotatable bonds is 4. The normalized spacial score (nSPS) is 23.2. The van der Waals surface area contributed by atoms with Crippen molar-refractivity contribution in [2.24, 2.45) is 5.84 Å². The number of carbonyl (C=O) groups is 1. The van der Waals surface area contributed by atoms with E-state index in [9.17, 15) is 4.79 Å². The number of amides is 1. The highest BCUT2D eigenvalue weighted by Crippen LogP contribution is 2.29. The van der Waals surface area contributed by atoms with Gasteiger partial charge in [0.05, 0.1) is 6.54 Å². The van der Waals surface area contributed by atoms with E-state index in [0.717, 1.165) is 0 Å². The Kier molecular flexibility index (Phi) is 5.45. The smallest absolute Gasteiger partial charge is 0.248 e. The molecule has 2 saturated carbocycles. The molecule has 104 valence electrons. The van der Waals surface area contributed by atoms with Crippen LogP contribution in [0.4, 0.5) is 0 Å². The third kappa shape index (κ3) is 3.69. The second-order valence-electron chi connectivity index (χ2n) is 5.82. The molecule has 0 aromatic rings. The van der Waals surface area contributed by atoms with Gasteiger partial charge in [-0.25, -0.2) is 5.84 Å². The molecule has 0 unspecified atom stereocenters. The van der Waals surface area contributed by atoms with Crippen LogP contribution in [0.25, 0.3) is 0 Å². The molecule has 2 aliphatic carbocycles. The molecular weight excluding hydrogens is 226 g/mol. The molecule has 0 aliphatic heterocycles. The van der Waals surface area contributed by atoms with Crippen molar-refractivity contribution in [1.29, 1.82) is 0 Å².